The van der Waals surface area contributed by atoms with Gasteiger partial charge in [0, 0.05) is 32.5 Å². The van der Waals surface area contributed by atoms with Gasteiger partial charge in [0.05, 0.1) is 6.04 Å². The summed E-state index contributed by atoms with van der Waals surface area (Å²) in [7, 11) is 0. The van der Waals surface area contributed by atoms with E-state index in [0.29, 0.717) is 32.5 Å². The highest BCUT2D eigenvalue weighted by Gasteiger charge is 2.46. The predicted octanol–water partition coefficient (Wildman–Crippen LogP) is 1.96. The third kappa shape index (κ3) is 2.99. The molecule has 3 aliphatic heterocycles. The molecule has 1 aromatic carbocycles. The van der Waals surface area contributed by atoms with Crippen molar-refractivity contribution in [3.8, 4) is 0 Å². The quantitative estimate of drug-likeness (QED) is 0.768. The molecular weight excluding hydrogens is 320 g/mol. The highest BCUT2D eigenvalue weighted by Crippen LogP contribution is 2.33. The van der Waals surface area contributed by atoms with Crippen LogP contribution in [0, 0.1) is 0 Å². The van der Waals surface area contributed by atoms with E-state index >= 15 is 0 Å². The fourth-order valence-corrected chi connectivity index (χ4v) is 4.17. The number of benzene rings is 1. The second-order valence-electron chi connectivity index (χ2n) is 7.20. The molecule has 0 aliphatic carbocycles. The molecule has 2 fully saturated rings. The number of hydrogen-bond donors (Lipinski definition) is 0. The lowest BCUT2D eigenvalue weighted by molar-refractivity contribution is -0.141. The highest BCUT2D eigenvalue weighted by molar-refractivity contribution is 5.82. The molecule has 1 amide bonds. The van der Waals surface area contributed by atoms with Gasteiger partial charge in [0.25, 0.3) is 0 Å². The SMILES string of the molecule is CCN1Cc2ccccc2C[C@H]1C(=O)N1CCC2(CC1)COC(=O)O2. The lowest BCUT2D eigenvalue weighted by Gasteiger charge is -2.41. The summed E-state index contributed by atoms with van der Waals surface area (Å²) in [4.78, 5) is 28.6. The number of nitrogens with zero attached hydrogens (tertiary/aromatic N) is 2. The van der Waals surface area contributed by atoms with Crippen molar-refractivity contribution in [3.63, 3.8) is 0 Å². The maximum absolute atomic E-state index is 13.1. The van der Waals surface area contributed by atoms with Gasteiger partial charge in [0.15, 0.2) is 5.60 Å². The molecule has 0 bridgehead atoms. The third-order valence-corrected chi connectivity index (χ3v) is 5.78. The molecule has 0 radical (unpaired) electrons. The van der Waals surface area contributed by atoms with Gasteiger partial charge in [0.2, 0.25) is 5.91 Å². The minimum absolute atomic E-state index is 0.101. The topological polar surface area (TPSA) is 59.1 Å². The lowest BCUT2D eigenvalue weighted by atomic mass is 9.90. The van der Waals surface area contributed by atoms with Gasteiger partial charge in [-0.2, -0.15) is 0 Å². The zero-order valence-electron chi connectivity index (χ0n) is 14.6. The van der Waals surface area contributed by atoms with Crippen LogP contribution in [0.2, 0.25) is 0 Å². The van der Waals surface area contributed by atoms with Crippen molar-refractivity contribution in [3.05, 3.63) is 35.4 Å². The third-order valence-electron chi connectivity index (χ3n) is 5.78. The number of ether oxygens (including phenoxy) is 2. The number of carbonyl (C=O) groups excluding carboxylic acids is 2. The van der Waals surface area contributed by atoms with E-state index in [-0.39, 0.29) is 11.9 Å². The van der Waals surface area contributed by atoms with E-state index in [0.717, 1.165) is 19.5 Å². The smallest absolute Gasteiger partial charge is 0.430 e. The Morgan fingerprint density at radius 3 is 2.60 bits per heavy atom. The average Bonchev–Trinajstić information content (AvgIpc) is 3.00. The molecule has 1 atom stereocenters. The molecule has 3 aliphatic rings. The van der Waals surface area contributed by atoms with Gasteiger partial charge in [0.1, 0.15) is 6.61 Å². The van der Waals surface area contributed by atoms with E-state index in [1.807, 2.05) is 11.0 Å². The highest BCUT2D eigenvalue weighted by atomic mass is 16.8. The molecule has 1 aromatic rings. The Morgan fingerprint density at radius 1 is 1.24 bits per heavy atom. The maximum atomic E-state index is 13.1. The number of rotatable bonds is 2. The van der Waals surface area contributed by atoms with Gasteiger partial charge >= 0.3 is 6.16 Å². The molecular formula is C19H24N2O4. The van der Waals surface area contributed by atoms with Crippen molar-refractivity contribution in [1.29, 1.82) is 0 Å². The van der Waals surface area contributed by atoms with E-state index in [1.165, 1.54) is 11.1 Å². The van der Waals surface area contributed by atoms with E-state index in [9.17, 15) is 9.59 Å². The molecule has 6 heteroatoms. The summed E-state index contributed by atoms with van der Waals surface area (Å²) >= 11 is 0. The first-order valence-electron chi connectivity index (χ1n) is 9.06. The number of likely N-dealkylation sites (tertiary alicyclic amines) is 1. The van der Waals surface area contributed by atoms with Crippen molar-refractivity contribution in [2.45, 2.75) is 44.4 Å². The molecule has 0 N–H and O–H groups in total. The molecule has 2 saturated heterocycles. The van der Waals surface area contributed by atoms with Gasteiger partial charge in [-0.15, -0.1) is 0 Å². The van der Waals surface area contributed by atoms with Gasteiger partial charge in [-0.25, -0.2) is 4.79 Å². The van der Waals surface area contributed by atoms with Crippen molar-refractivity contribution >= 4 is 12.1 Å². The Morgan fingerprint density at radius 2 is 1.96 bits per heavy atom. The van der Waals surface area contributed by atoms with Gasteiger partial charge in [-0.1, -0.05) is 31.2 Å². The minimum Gasteiger partial charge on any atom is -0.430 e. The zero-order chi connectivity index (χ0) is 17.4. The molecule has 0 unspecified atom stereocenters. The normalized spacial score (nSPS) is 25.4. The van der Waals surface area contributed by atoms with Crippen LogP contribution < -0.4 is 0 Å². The Hall–Kier alpha value is -2.08. The van der Waals surface area contributed by atoms with Crippen molar-refractivity contribution in [2.24, 2.45) is 0 Å². The second kappa shape index (κ2) is 6.33. The van der Waals surface area contributed by atoms with E-state index in [1.54, 1.807) is 0 Å². The first-order valence-corrected chi connectivity index (χ1v) is 9.06. The van der Waals surface area contributed by atoms with Gasteiger partial charge in [-0.3, -0.25) is 9.69 Å². The van der Waals surface area contributed by atoms with Crippen LogP contribution >= 0.6 is 0 Å². The Labute approximate surface area is 147 Å². The molecule has 0 aromatic heterocycles. The Balaban J connectivity index is 1.45. The summed E-state index contributed by atoms with van der Waals surface area (Å²) in [6, 6.07) is 8.28. The van der Waals surface area contributed by atoms with Crippen LogP contribution in [-0.4, -0.2) is 59.7 Å². The van der Waals surface area contributed by atoms with Crippen molar-refractivity contribution in [1.82, 2.24) is 9.80 Å². The Bertz CT molecular complexity index is 682. The van der Waals surface area contributed by atoms with Crippen LogP contribution in [0.1, 0.15) is 30.9 Å². The van der Waals surface area contributed by atoms with Crippen molar-refractivity contribution < 1.29 is 19.1 Å². The summed E-state index contributed by atoms with van der Waals surface area (Å²) in [5.41, 5.74) is 2.08. The predicted molar refractivity (Wildman–Crippen MR) is 91.0 cm³/mol. The molecule has 1 spiro atoms. The van der Waals surface area contributed by atoms with Crippen LogP contribution in [0.5, 0.6) is 0 Å². The minimum atomic E-state index is -0.583. The number of cyclic esters (lactones) is 1. The molecule has 4 rings (SSSR count). The zero-order valence-corrected chi connectivity index (χ0v) is 14.6. The first kappa shape index (κ1) is 16.4. The molecule has 3 heterocycles. The van der Waals surface area contributed by atoms with Crippen LogP contribution in [0.4, 0.5) is 4.79 Å². The fraction of sp³-hybridized carbons (Fsp3) is 0.579. The lowest BCUT2D eigenvalue weighted by Crippen LogP contribution is -2.55. The number of piperidine rings is 1. The number of carbonyl (C=O) groups is 2. The summed E-state index contributed by atoms with van der Waals surface area (Å²) in [6.45, 7) is 5.33. The Kier molecular flexibility index (Phi) is 4.15. The van der Waals surface area contributed by atoms with Gasteiger partial charge < -0.3 is 14.4 Å². The van der Waals surface area contributed by atoms with Crippen LogP contribution in [0.3, 0.4) is 0 Å². The van der Waals surface area contributed by atoms with Crippen LogP contribution in [0.15, 0.2) is 24.3 Å². The van der Waals surface area contributed by atoms with Gasteiger partial charge in [-0.05, 0) is 24.1 Å². The van der Waals surface area contributed by atoms with E-state index in [4.69, 9.17) is 9.47 Å². The summed E-state index contributed by atoms with van der Waals surface area (Å²) in [5.74, 6) is 0.191. The monoisotopic (exact) mass is 344 g/mol. The molecule has 134 valence electrons. The maximum Gasteiger partial charge on any atom is 0.509 e. The van der Waals surface area contributed by atoms with E-state index in [2.05, 4.69) is 30.0 Å². The molecule has 25 heavy (non-hydrogen) atoms. The van der Waals surface area contributed by atoms with Crippen LogP contribution in [0.25, 0.3) is 0 Å². The number of fused-ring (bicyclic) bond motifs is 1. The second-order valence-corrected chi connectivity index (χ2v) is 7.20. The summed E-state index contributed by atoms with van der Waals surface area (Å²) in [6.07, 6.45) is 1.49. The number of likely N-dealkylation sites (N-methyl/N-ethyl adjacent to an activating group) is 1. The molecule has 0 saturated carbocycles. The molecule has 6 nitrogen and oxygen atoms in total. The number of amides is 1. The van der Waals surface area contributed by atoms with Crippen LogP contribution in [-0.2, 0) is 27.2 Å². The number of hydrogen-bond acceptors (Lipinski definition) is 5. The van der Waals surface area contributed by atoms with Crippen molar-refractivity contribution in [2.75, 3.05) is 26.2 Å². The first-order chi connectivity index (χ1) is 12.1. The fourth-order valence-electron chi connectivity index (χ4n) is 4.17. The average molecular weight is 344 g/mol. The summed E-state index contributed by atoms with van der Waals surface area (Å²) in [5, 5.41) is 0. The summed E-state index contributed by atoms with van der Waals surface area (Å²) < 4.78 is 10.3. The largest absolute Gasteiger partial charge is 0.509 e. The van der Waals surface area contributed by atoms with E-state index < -0.39 is 11.8 Å². The standard InChI is InChI=1S/C19H24N2O4/c1-2-20-12-15-6-4-3-5-14(15)11-16(20)17(22)21-9-7-19(8-10-21)13-24-18(23)25-19/h3-6,16H,2,7-13H2,1H3/t16-/m0/s1.